The van der Waals surface area contributed by atoms with Crippen LogP contribution in [0.1, 0.15) is 23.9 Å². The Kier molecular flexibility index (Phi) is 4.18. The SMILES string of the molecule is O=C(C[NH+]1CCC[C@@H]1c1nc2ccccc2s1)Nc1ccc2c(c1)OCO2. The number of rotatable bonds is 4. The molecular weight excluding hydrogens is 362 g/mol. The first-order chi connectivity index (χ1) is 13.3. The number of nitrogens with zero attached hydrogens (tertiary/aromatic N) is 1. The molecule has 2 aliphatic heterocycles. The van der Waals surface area contributed by atoms with Crippen LogP contribution in [0.3, 0.4) is 0 Å². The molecule has 2 aromatic carbocycles. The lowest BCUT2D eigenvalue weighted by Gasteiger charge is -2.19. The van der Waals surface area contributed by atoms with Crippen molar-refractivity contribution in [1.82, 2.24) is 4.98 Å². The number of aromatic nitrogens is 1. The highest BCUT2D eigenvalue weighted by atomic mass is 32.1. The number of likely N-dealkylation sites (tertiary alicyclic amines) is 1. The van der Waals surface area contributed by atoms with Crippen molar-refractivity contribution < 1.29 is 19.2 Å². The number of hydrogen-bond acceptors (Lipinski definition) is 5. The Morgan fingerprint density at radius 3 is 3.04 bits per heavy atom. The Hall–Kier alpha value is -2.64. The quantitative estimate of drug-likeness (QED) is 0.727. The lowest BCUT2D eigenvalue weighted by atomic mass is 10.2. The van der Waals surface area contributed by atoms with Crippen molar-refractivity contribution in [3.63, 3.8) is 0 Å². The van der Waals surface area contributed by atoms with Gasteiger partial charge in [0.25, 0.3) is 5.91 Å². The van der Waals surface area contributed by atoms with Gasteiger partial charge in [-0.25, -0.2) is 4.98 Å². The lowest BCUT2D eigenvalue weighted by Crippen LogP contribution is -3.11. The number of fused-ring (bicyclic) bond motifs is 2. The largest absolute Gasteiger partial charge is 0.454 e. The van der Waals surface area contributed by atoms with Crippen molar-refractivity contribution in [2.45, 2.75) is 18.9 Å². The highest BCUT2D eigenvalue weighted by Gasteiger charge is 2.34. The molecule has 2 aliphatic rings. The number of nitrogens with one attached hydrogen (secondary N) is 2. The first-order valence-electron chi connectivity index (χ1n) is 9.16. The number of carbonyl (C=O) groups excluding carboxylic acids is 1. The van der Waals surface area contributed by atoms with Crippen LogP contribution in [-0.2, 0) is 4.79 Å². The van der Waals surface area contributed by atoms with E-state index in [9.17, 15) is 4.79 Å². The molecule has 6 nitrogen and oxygen atoms in total. The van der Waals surface area contributed by atoms with Gasteiger partial charge in [-0.1, -0.05) is 12.1 Å². The summed E-state index contributed by atoms with van der Waals surface area (Å²) in [5.74, 6) is 1.40. The van der Waals surface area contributed by atoms with Crippen molar-refractivity contribution in [2.24, 2.45) is 0 Å². The van der Waals surface area contributed by atoms with Crippen LogP contribution in [0.2, 0.25) is 0 Å². The van der Waals surface area contributed by atoms with Crippen molar-refractivity contribution in [3.05, 3.63) is 47.5 Å². The maximum atomic E-state index is 12.6. The summed E-state index contributed by atoms with van der Waals surface area (Å²) in [5.41, 5.74) is 1.79. The van der Waals surface area contributed by atoms with Crippen molar-refractivity contribution in [3.8, 4) is 11.5 Å². The molecule has 2 N–H and O–H groups in total. The van der Waals surface area contributed by atoms with E-state index < -0.39 is 0 Å². The molecule has 1 amide bonds. The van der Waals surface area contributed by atoms with Gasteiger partial charge in [-0.3, -0.25) is 4.79 Å². The molecule has 3 aromatic rings. The molecule has 0 spiro atoms. The highest BCUT2D eigenvalue weighted by Crippen LogP contribution is 2.34. The van der Waals surface area contributed by atoms with Gasteiger partial charge in [-0.15, -0.1) is 11.3 Å². The summed E-state index contributed by atoms with van der Waals surface area (Å²) in [6.45, 7) is 1.67. The summed E-state index contributed by atoms with van der Waals surface area (Å²) in [7, 11) is 0. The zero-order valence-electron chi connectivity index (χ0n) is 14.7. The van der Waals surface area contributed by atoms with Gasteiger partial charge in [0.05, 0.1) is 16.8 Å². The van der Waals surface area contributed by atoms with Gasteiger partial charge in [0, 0.05) is 24.6 Å². The van der Waals surface area contributed by atoms with E-state index in [-0.39, 0.29) is 12.7 Å². The number of amides is 1. The smallest absolute Gasteiger partial charge is 0.279 e. The fraction of sp³-hybridized carbons (Fsp3) is 0.300. The molecule has 0 bridgehead atoms. The van der Waals surface area contributed by atoms with E-state index in [1.165, 1.54) is 9.60 Å². The Labute approximate surface area is 160 Å². The summed E-state index contributed by atoms with van der Waals surface area (Å²) >= 11 is 1.75. The Bertz CT molecular complexity index is 970. The van der Waals surface area contributed by atoms with E-state index in [0.29, 0.717) is 24.1 Å². The maximum Gasteiger partial charge on any atom is 0.279 e. The number of anilines is 1. The van der Waals surface area contributed by atoms with Crippen LogP contribution in [0.4, 0.5) is 5.69 Å². The minimum Gasteiger partial charge on any atom is -0.454 e. The summed E-state index contributed by atoms with van der Waals surface area (Å²) in [5, 5.41) is 4.12. The van der Waals surface area contributed by atoms with E-state index in [4.69, 9.17) is 14.5 Å². The van der Waals surface area contributed by atoms with E-state index in [1.807, 2.05) is 30.3 Å². The zero-order valence-corrected chi connectivity index (χ0v) is 15.6. The molecule has 7 heteroatoms. The Balaban J connectivity index is 1.28. The predicted molar refractivity (Wildman–Crippen MR) is 103 cm³/mol. The molecule has 1 saturated heterocycles. The third-order valence-corrected chi connectivity index (χ3v) is 6.29. The van der Waals surface area contributed by atoms with Gasteiger partial charge in [-0.05, 0) is 24.3 Å². The van der Waals surface area contributed by atoms with Crippen LogP contribution in [0, 0.1) is 0 Å². The molecule has 0 radical (unpaired) electrons. The number of para-hydroxylation sites is 1. The summed E-state index contributed by atoms with van der Waals surface area (Å²) < 4.78 is 11.9. The minimum atomic E-state index is 0.0110. The third kappa shape index (κ3) is 3.24. The average molecular weight is 382 g/mol. The molecule has 27 heavy (non-hydrogen) atoms. The van der Waals surface area contributed by atoms with Gasteiger partial charge in [-0.2, -0.15) is 0 Å². The Morgan fingerprint density at radius 1 is 1.22 bits per heavy atom. The van der Waals surface area contributed by atoms with E-state index in [0.717, 1.165) is 35.6 Å². The maximum absolute atomic E-state index is 12.6. The van der Waals surface area contributed by atoms with Crippen molar-refractivity contribution in [2.75, 3.05) is 25.2 Å². The first kappa shape index (κ1) is 16.5. The molecule has 1 aromatic heterocycles. The van der Waals surface area contributed by atoms with Crippen LogP contribution in [0.5, 0.6) is 11.5 Å². The molecule has 0 aliphatic carbocycles. The fourth-order valence-electron chi connectivity index (χ4n) is 3.85. The molecule has 138 valence electrons. The number of ether oxygens (including phenoxy) is 2. The average Bonchev–Trinajstić information content (AvgIpc) is 3.39. The van der Waals surface area contributed by atoms with Crippen LogP contribution in [-0.4, -0.2) is 30.8 Å². The van der Waals surface area contributed by atoms with Gasteiger partial charge in [0.1, 0.15) is 6.04 Å². The van der Waals surface area contributed by atoms with E-state index >= 15 is 0 Å². The summed E-state index contributed by atoms with van der Waals surface area (Å²) in [6.07, 6.45) is 2.19. The van der Waals surface area contributed by atoms with Gasteiger partial charge < -0.3 is 19.7 Å². The van der Waals surface area contributed by atoms with E-state index in [2.05, 4.69) is 17.4 Å². The van der Waals surface area contributed by atoms with Gasteiger partial charge >= 0.3 is 0 Å². The standard InChI is InChI=1S/C20H19N3O3S/c24-19(21-13-7-8-16-17(10-13)26-12-25-16)11-23-9-3-5-15(23)20-22-14-4-1-2-6-18(14)27-20/h1-2,4,6-8,10,15H,3,5,9,11-12H2,(H,21,24)/p+1/t15-/m1/s1. The second-order valence-electron chi connectivity index (χ2n) is 6.92. The van der Waals surface area contributed by atoms with Crippen molar-refractivity contribution >= 4 is 33.1 Å². The summed E-state index contributed by atoms with van der Waals surface area (Å²) in [6, 6.07) is 14.0. The van der Waals surface area contributed by atoms with Gasteiger partial charge in [0.2, 0.25) is 6.79 Å². The van der Waals surface area contributed by atoms with Crippen LogP contribution < -0.4 is 19.7 Å². The molecule has 1 unspecified atom stereocenters. The molecule has 5 rings (SSSR count). The van der Waals surface area contributed by atoms with E-state index in [1.54, 1.807) is 11.3 Å². The Morgan fingerprint density at radius 2 is 2.11 bits per heavy atom. The zero-order chi connectivity index (χ0) is 18.2. The monoisotopic (exact) mass is 382 g/mol. The molecular formula is C20H20N3O3S+. The number of quaternary nitrogens is 1. The van der Waals surface area contributed by atoms with Gasteiger partial charge in [0.15, 0.2) is 23.1 Å². The minimum absolute atomic E-state index is 0.0110. The fourth-order valence-corrected chi connectivity index (χ4v) is 5.01. The second kappa shape index (κ2) is 6.83. The number of benzene rings is 2. The predicted octanol–water partition coefficient (Wildman–Crippen LogP) is 2.38. The highest BCUT2D eigenvalue weighted by molar-refractivity contribution is 7.18. The number of carbonyl (C=O) groups is 1. The first-order valence-corrected chi connectivity index (χ1v) is 9.97. The second-order valence-corrected chi connectivity index (χ2v) is 7.98. The van der Waals surface area contributed by atoms with Crippen LogP contribution >= 0.6 is 11.3 Å². The number of hydrogen-bond donors (Lipinski definition) is 2. The molecule has 3 heterocycles. The normalized spacial score (nSPS) is 20.9. The third-order valence-electron chi connectivity index (χ3n) is 5.14. The lowest BCUT2D eigenvalue weighted by molar-refractivity contribution is -0.910. The van der Waals surface area contributed by atoms with Crippen molar-refractivity contribution in [1.29, 1.82) is 0 Å². The molecule has 0 saturated carbocycles. The topological polar surface area (TPSA) is 64.9 Å². The molecule has 2 atom stereocenters. The molecule has 1 fully saturated rings. The number of thiazole rings is 1. The van der Waals surface area contributed by atoms with Crippen LogP contribution in [0.15, 0.2) is 42.5 Å². The summed E-state index contributed by atoms with van der Waals surface area (Å²) in [4.78, 5) is 18.7. The van der Waals surface area contributed by atoms with Crippen LogP contribution in [0.25, 0.3) is 10.2 Å².